The molecule has 106 valence electrons. The molecular formula is C15H17NO3S. The number of hydrogen-bond donors (Lipinski definition) is 2. The molecule has 2 atom stereocenters. The number of aliphatic hydroxyl groups excluding tert-OH is 1. The van der Waals surface area contributed by atoms with E-state index in [1.54, 1.807) is 6.07 Å². The second kappa shape index (κ2) is 5.96. The van der Waals surface area contributed by atoms with Crippen molar-refractivity contribution in [1.82, 2.24) is 5.32 Å². The van der Waals surface area contributed by atoms with Crippen molar-refractivity contribution in [1.29, 1.82) is 0 Å². The van der Waals surface area contributed by atoms with E-state index in [0.717, 1.165) is 17.9 Å². The molecule has 4 nitrogen and oxygen atoms in total. The van der Waals surface area contributed by atoms with Gasteiger partial charge in [-0.3, -0.25) is 4.79 Å². The molecule has 1 aliphatic carbocycles. The molecule has 5 heteroatoms. The Morgan fingerprint density at radius 1 is 1.45 bits per heavy atom. The highest BCUT2D eigenvalue weighted by Gasteiger charge is 2.41. The lowest BCUT2D eigenvalue weighted by molar-refractivity contribution is 0.0731. The Hall–Kier alpha value is -1.35. The van der Waals surface area contributed by atoms with Crippen molar-refractivity contribution in [2.75, 3.05) is 13.2 Å². The molecule has 20 heavy (non-hydrogen) atoms. The molecular weight excluding hydrogens is 274 g/mol. The van der Waals surface area contributed by atoms with Gasteiger partial charge in [-0.2, -0.15) is 0 Å². The first-order valence-electron chi connectivity index (χ1n) is 6.90. The molecule has 2 unspecified atom stereocenters. The molecule has 2 N–H and O–H groups in total. The third-order valence-electron chi connectivity index (χ3n) is 3.66. The maximum Gasteiger partial charge on any atom is 0.261 e. The number of aliphatic hydroxyl groups is 1. The molecule has 0 spiro atoms. The van der Waals surface area contributed by atoms with E-state index in [2.05, 4.69) is 17.2 Å². The fraction of sp³-hybridized carbons (Fsp3) is 0.533. The van der Waals surface area contributed by atoms with Gasteiger partial charge in [0.25, 0.3) is 5.91 Å². The fourth-order valence-corrected chi connectivity index (χ4v) is 3.33. The number of ether oxygens (including phenoxy) is 1. The number of amides is 1. The van der Waals surface area contributed by atoms with Crippen LogP contribution in [-0.2, 0) is 4.74 Å². The van der Waals surface area contributed by atoms with E-state index in [9.17, 15) is 4.79 Å². The van der Waals surface area contributed by atoms with E-state index in [-0.39, 0.29) is 24.7 Å². The first-order valence-corrected chi connectivity index (χ1v) is 7.71. The van der Waals surface area contributed by atoms with Gasteiger partial charge in [0.05, 0.1) is 21.9 Å². The third kappa shape index (κ3) is 3.04. The summed E-state index contributed by atoms with van der Waals surface area (Å²) in [6.07, 6.45) is 3.54. The summed E-state index contributed by atoms with van der Waals surface area (Å²) in [5, 5.41) is 11.7. The molecule has 1 saturated heterocycles. The minimum absolute atomic E-state index is 0.0480. The van der Waals surface area contributed by atoms with E-state index in [1.165, 1.54) is 24.2 Å². The molecule has 0 aromatic carbocycles. The normalized spacial score (nSPS) is 25.1. The van der Waals surface area contributed by atoms with Crippen LogP contribution in [-0.4, -0.2) is 36.4 Å². The molecule has 1 aromatic rings. The number of nitrogens with one attached hydrogen (secondary N) is 1. The number of thiophene rings is 1. The molecule has 2 fully saturated rings. The van der Waals surface area contributed by atoms with Gasteiger partial charge in [0.2, 0.25) is 0 Å². The molecule has 2 heterocycles. The summed E-state index contributed by atoms with van der Waals surface area (Å²) >= 11 is 1.35. The first-order chi connectivity index (χ1) is 9.78. The average Bonchev–Trinajstić information content (AvgIpc) is 3.00. The first kappa shape index (κ1) is 13.6. The van der Waals surface area contributed by atoms with Gasteiger partial charge in [0.1, 0.15) is 6.61 Å². The average molecular weight is 291 g/mol. The highest BCUT2D eigenvalue weighted by molar-refractivity contribution is 7.14. The smallest absolute Gasteiger partial charge is 0.261 e. The second-order valence-corrected chi connectivity index (χ2v) is 6.25. The Labute approximate surface area is 122 Å². The summed E-state index contributed by atoms with van der Waals surface area (Å²) in [6, 6.07) is 3.74. The Kier molecular flexibility index (Phi) is 4.06. The molecule has 1 amide bonds. The Morgan fingerprint density at radius 2 is 2.30 bits per heavy atom. The van der Waals surface area contributed by atoms with Gasteiger partial charge in [0, 0.05) is 6.61 Å². The van der Waals surface area contributed by atoms with E-state index in [1.807, 2.05) is 6.07 Å². The van der Waals surface area contributed by atoms with Crippen LogP contribution in [0.5, 0.6) is 0 Å². The number of carbonyl (C=O) groups is 1. The van der Waals surface area contributed by atoms with Crippen molar-refractivity contribution in [2.24, 2.45) is 5.92 Å². The largest absolute Gasteiger partial charge is 0.384 e. The highest BCUT2D eigenvalue weighted by Crippen LogP contribution is 2.38. The molecule has 0 radical (unpaired) electrons. The summed E-state index contributed by atoms with van der Waals surface area (Å²) in [5.74, 6) is 5.99. The number of carbonyl (C=O) groups excluding carboxylic acids is 1. The van der Waals surface area contributed by atoms with Gasteiger partial charge in [-0.15, -0.1) is 11.3 Å². The van der Waals surface area contributed by atoms with Crippen LogP contribution < -0.4 is 5.32 Å². The van der Waals surface area contributed by atoms with Gasteiger partial charge in [-0.05, 0) is 37.3 Å². The topological polar surface area (TPSA) is 58.6 Å². The Balaban J connectivity index is 1.62. The monoisotopic (exact) mass is 291 g/mol. The summed E-state index contributed by atoms with van der Waals surface area (Å²) < 4.78 is 5.72. The maximum atomic E-state index is 12.2. The lowest BCUT2D eigenvalue weighted by Crippen LogP contribution is -2.41. The van der Waals surface area contributed by atoms with E-state index < -0.39 is 0 Å². The summed E-state index contributed by atoms with van der Waals surface area (Å²) in [5.41, 5.74) is 0. The summed E-state index contributed by atoms with van der Waals surface area (Å²) in [4.78, 5) is 13.7. The zero-order valence-corrected chi connectivity index (χ0v) is 11.9. The van der Waals surface area contributed by atoms with Crippen LogP contribution in [0.1, 0.15) is 33.8 Å². The van der Waals surface area contributed by atoms with Crippen LogP contribution in [0, 0.1) is 17.8 Å². The lowest BCUT2D eigenvalue weighted by atomic mass is 10.1. The molecule has 0 bridgehead atoms. The standard InChI is InChI=1S/C15H17NO3S/c17-8-1-2-11-5-6-13(20-11)15(18)16-12-7-9-19-14(12)10-3-4-10/h5-6,10,12,14,17H,3-4,7-9H2,(H,16,18). The Bertz CT molecular complexity index is 553. The predicted molar refractivity (Wildman–Crippen MR) is 76.6 cm³/mol. The zero-order valence-electron chi connectivity index (χ0n) is 11.1. The maximum absolute atomic E-state index is 12.2. The van der Waals surface area contributed by atoms with E-state index in [0.29, 0.717) is 10.8 Å². The van der Waals surface area contributed by atoms with Crippen LogP contribution in [0.3, 0.4) is 0 Å². The molecule has 2 aliphatic rings. The zero-order chi connectivity index (χ0) is 13.9. The Morgan fingerprint density at radius 3 is 3.05 bits per heavy atom. The molecule has 3 rings (SSSR count). The summed E-state index contributed by atoms with van der Waals surface area (Å²) in [7, 11) is 0. The number of hydrogen-bond acceptors (Lipinski definition) is 4. The minimum atomic E-state index is -0.165. The number of rotatable bonds is 3. The van der Waals surface area contributed by atoms with Gasteiger partial charge in [-0.25, -0.2) is 0 Å². The summed E-state index contributed by atoms with van der Waals surface area (Å²) in [6.45, 7) is 0.575. The van der Waals surface area contributed by atoms with Gasteiger partial charge < -0.3 is 15.2 Å². The van der Waals surface area contributed by atoms with E-state index in [4.69, 9.17) is 9.84 Å². The predicted octanol–water partition coefficient (Wildman–Crippen LogP) is 1.39. The van der Waals surface area contributed by atoms with Crippen molar-refractivity contribution in [2.45, 2.75) is 31.4 Å². The van der Waals surface area contributed by atoms with Crippen molar-refractivity contribution >= 4 is 17.2 Å². The van der Waals surface area contributed by atoms with E-state index >= 15 is 0 Å². The quantitative estimate of drug-likeness (QED) is 0.827. The third-order valence-corrected chi connectivity index (χ3v) is 4.66. The van der Waals surface area contributed by atoms with Crippen molar-refractivity contribution in [3.8, 4) is 11.8 Å². The van der Waals surface area contributed by atoms with Gasteiger partial charge >= 0.3 is 0 Å². The lowest BCUT2D eigenvalue weighted by Gasteiger charge is -2.18. The van der Waals surface area contributed by atoms with Crippen molar-refractivity contribution in [3.05, 3.63) is 21.9 Å². The van der Waals surface area contributed by atoms with Crippen molar-refractivity contribution in [3.63, 3.8) is 0 Å². The van der Waals surface area contributed by atoms with Crippen LogP contribution in [0.15, 0.2) is 12.1 Å². The van der Waals surface area contributed by atoms with Gasteiger partial charge in [-0.1, -0.05) is 11.8 Å². The fourth-order valence-electron chi connectivity index (χ4n) is 2.55. The van der Waals surface area contributed by atoms with Crippen molar-refractivity contribution < 1.29 is 14.6 Å². The molecule has 1 aromatic heterocycles. The van der Waals surface area contributed by atoms with Crippen LogP contribution in [0.4, 0.5) is 0 Å². The van der Waals surface area contributed by atoms with Crippen LogP contribution in [0.2, 0.25) is 0 Å². The van der Waals surface area contributed by atoms with Crippen LogP contribution >= 0.6 is 11.3 Å². The highest BCUT2D eigenvalue weighted by atomic mass is 32.1. The molecule has 1 aliphatic heterocycles. The SMILES string of the molecule is O=C(NC1CCOC1C1CC1)c1ccc(C#CCO)s1. The van der Waals surface area contributed by atoms with Crippen LogP contribution in [0.25, 0.3) is 0 Å². The van der Waals surface area contributed by atoms with Gasteiger partial charge in [0.15, 0.2) is 0 Å². The minimum Gasteiger partial charge on any atom is -0.384 e. The molecule has 1 saturated carbocycles. The second-order valence-electron chi connectivity index (χ2n) is 5.17.